The van der Waals surface area contributed by atoms with E-state index in [1.807, 2.05) is 6.07 Å². The minimum absolute atomic E-state index is 0.130. The molecule has 2 unspecified atom stereocenters. The standard InChI is InChI=1S/C37H55N5O5S/c1-7-12-17-28(9-3)25-42(26-29(10-4)18-13-8-2)48(46,47)32-23-21-31(22-24-32)40-41-35(37(45)38-6)33(11-5)34(27-43)36(44)39-30-19-15-14-16-20-30/h14-16,19-24,27-29,43H,7-13,17-18,25-26H2,1-6H3,(H,38,45)(H,39,44)/b34-27-,35-33+,41-40?. The number of para-hydroxylation sites is 1. The summed E-state index contributed by atoms with van der Waals surface area (Å²) in [4.78, 5) is 26.1. The van der Waals surface area contributed by atoms with Crippen molar-refractivity contribution in [3.63, 3.8) is 0 Å². The van der Waals surface area contributed by atoms with Crippen LogP contribution in [0.25, 0.3) is 0 Å². The number of hydrogen-bond acceptors (Lipinski definition) is 7. The number of nitrogens with zero attached hydrogens (tertiary/aromatic N) is 3. The van der Waals surface area contributed by atoms with Gasteiger partial charge in [-0.2, -0.15) is 9.42 Å². The molecule has 0 radical (unpaired) electrons. The minimum atomic E-state index is -3.79. The highest BCUT2D eigenvalue weighted by atomic mass is 32.2. The zero-order valence-corrected chi connectivity index (χ0v) is 30.4. The Morgan fingerprint density at radius 1 is 0.854 bits per heavy atom. The van der Waals surface area contributed by atoms with Crippen molar-refractivity contribution in [2.24, 2.45) is 22.1 Å². The maximum atomic E-state index is 14.1. The van der Waals surface area contributed by atoms with Crippen LogP contribution >= 0.6 is 0 Å². The summed E-state index contributed by atoms with van der Waals surface area (Å²) in [6.45, 7) is 11.3. The zero-order valence-electron chi connectivity index (χ0n) is 29.5. The quantitative estimate of drug-likeness (QED) is 0.0523. The molecule has 3 N–H and O–H groups in total. The summed E-state index contributed by atoms with van der Waals surface area (Å²) < 4.78 is 29.8. The first-order valence-electron chi connectivity index (χ1n) is 17.3. The Hall–Kier alpha value is -3.83. The number of aliphatic hydroxyl groups is 1. The van der Waals surface area contributed by atoms with Crippen LogP contribution in [-0.2, 0) is 19.6 Å². The van der Waals surface area contributed by atoms with E-state index in [0.29, 0.717) is 30.7 Å². The second-order valence-corrected chi connectivity index (χ2v) is 13.9. The Balaban J connectivity index is 2.43. The van der Waals surface area contributed by atoms with Crippen LogP contribution in [0.1, 0.15) is 92.4 Å². The van der Waals surface area contributed by atoms with Crippen molar-refractivity contribution in [3.05, 3.63) is 77.7 Å². The van der Waals surface area contributed by atoms with Crippen LogP contribution in [0.15, 0.2) is 92.8 Å². The molecule has 0 spiro atoms. The fourth-order valence-corrected chi connectivity index (χ4v) is 7.06. The fourth-order valence-electron chi connectivity index (χ4n) is 5.46. The summed E-state index contributed by atoms with van der Waals surface area (Å²) in [5.41, 5.74) is 0.748. The van der Waals surface area contributed by atoms with Crippen molar-refractivity contribution < 1.29 is 23.1 Å². The van der Waals surface area contributed by atoms with Crippen molar-refractivity contribution in [2.45, 2.75) is 97.3 Å². The number of benzene rings is 2. The van der Waals surface area contributed by atoms with E-state index >= 15 is 0 Å². The molecule has 2 aromatic carbocycles. The molecule has 0 heterocycles. The second kappa shape index (κ2) is 21.2. The Morgan fingerprint density at radius 3 is 1.88 bits per heavy atom. The molecule has 2 rings (SSSR count). The van der Waals surface area contributed by atoms with Gasteiger partial charge < -0.3 is 15.7 Å². The SMILES string of the molecule is CCCCC(CC)CN(CC(CC)CCCC)S(=O)(=O)c1ccc(N=N/C(C(=O)NC)=C(CC)/C(=C/O)C(=O)Nc2ccccc2)cc1. The van der Waals surface area contributed by atoms with E-state index in [1.54, 1.807) is 47.6 Å². The summed E-state index contributed by atoms with van der Waals surface area (Å²) >= 11 is 0. The van der Waals surface area contributed by atoms with Crippen LogP contribution in [-0.4, -0.2) is 49.8 Å². The van der Waals surface area contributed by atoms with Gasteiger partial charge in [-0.15, -0.1) is 5.11 Å². The monoisotopic (exact) mass is 681 g/mol. The van der Waals surface area contributed by atoms with Crippen LogP contribution < -0.4 is 10.6 Å². The number of carbonyl (C=O) groups is 2. The van der Waals surface area contributed by atoms with Crippen LogP contribution in [0.3, 0.4) is 0 Å². The topological polar surface area (TPSA) is 141 Å². The maximum absolute atomic E-state index is 14.1. The van der Waals surface area contributed by atoms with Crippen LogP contribution in [0, 0.1) is 11.8 Å². The molecule has 11 heteroatoms. The van der Waals surface area contributed by atoms with Crippen LogP contribution in [0.4, 0.5) is 11.4 Å². The molecule has 0 aliphatic rings. The van der Waals surface area contributed by atoms with Crippen molar-refractivity contribution in [1.82, 2.24) is 9.62 Å². The first kappa shape index (κ1) is 40.3. The number of sulfonamides is 1. The average Bonchev–Trinajstić information content (AvgIpc) is 3.10. The van der Waals surface area contributed by atoms with Gasteiger partial charge in [0.25, 0.3) is 11.8 Å². The predicted molar refractivity (Wildman–Crippen MR) is 193 cm³/mol. The summed E-state index contributed by atoms with van der Waals surface area (Å²) in [7, 11) is -2.36. The van der Waals surface area contributed by atoms with Gasteiger partial charge in [0.1, 0.15) is 0 Å². The van der Waals surface area contributed by atoms with E-state index < -0.39 is 21.8 Å². The van der Waals surface area contributed by atoms with Gasteiger partial charge in [0.2, 0.25) is 10.0 Å². The molecule has 2 amide bonds. The number of rotatable bonds is 21. The number of nitrogens with one attached hydrogen (secondary N) is 2. The molecule has 0 aromatic heterocycles. The zero-order chi connectivity index (χ0) is 35.5. The fraction of sp³-hybridized carbons (Fsp3) is 0.514. The largest absolute Gasteiger partial charge is 0.515 e. The Kier molecular flexibility index (Phi) is 17.8. The molecule has 0 saturated heterocycles. The van der Waals surface area contributed by atoms with Gasteiger partial charge in [0, 0.05) is 31.4 Å². The first-order chi connectivity index (χ1) is 23.1. The lowest BCUT2D eigenvalue weighted by Crippen LogP contribution is -2.39. The second-order valence-electron chi connectivity index (χ2n) is 12.0. The smallest absolute Gasteiger partial charge is 0.271 e. The average molecular weight is 682 g/mol. The van der Waals surface area contributed by atoms with Gasteiger partial charge in [-0.25, -0.2) is 8.42 Å². The maximum Gasteiger partial charge on any atom is 0.271 e. The van der Waals surface area contributed by atoms with Gasteiger partial charge >= 0.3 is 0 Å². The molecular weight excluding hydrogens is 627 g/mol. The summed E-state index contributed by atoms with van der Waals surface area (Å²) in [6, 6.07) is 14.9. The molecule has 0 bridgehead atoms. The molecule has 0 fully saturated rings. The third kappa shape index (κ3) is 12.0. The molecule has 264 valence electrons. The van der Waals surface area contributed by atoms with Crippen molar-refractivity contribution in [3.8, 4) is 0 Å². The van der Waals surface area contributed by atoms with Crippen molar-refractivity contribution in [1.29, 1.82) is 0 Å². The molecule has 2 aromatic rings. The Bertz CT molecular complexity index is 1470. The lowest BCUT2D eigenvalue weighted by atomic mass is 9.97. The number of amides is 2. The van der Waals surface area contributed by atoms with Crippen LogP contribution in [0.2, 0.25) is 0 Å². The number of likely N-dealkylation sites (N-methyl/N-ethyl adjacent to an activating group) is 1. The molecular formula is C37H55N5O5S. The molecule has 0 aliphatic carbocycles. The van der Waals surface area contributed by atoms with E-state index in [4.69, 9.17) is 0 Å². The third-order valence-corrected chi connectivity index (χ3v) is 10.4. The van der Waals surface area contributed by atoms with Gasteiger partial charge in [-0.05, 0) is 67.5 Å². The molecule has 2 atom stereocenters. The van der Waals surface area contributed by atoms with E-state index in [9.17, 15) is 23.1 Å². The molecule has 0 saturated carbocycles. The van der Waals surface area contributed by atoms with E-state index in [0.717, 1.165) is 51.4 Å². The number of hydrogen-bond donors (Lipinski definition) is 3. The Morgan fingerprint density at radius 2 is 1.42 bits per heavy atom. The minimum Gasteiger partial charge on any atom is -0.515 e. The number of aliphatic hydroxyl groups excluding tert-OH is 1. The summed E-state index contributed by atoms with van der Waals surface area (Å²) in [5.74, 6) is -0.644. The molecule has 48 heavy (non-hydrogen) atoms. The van der Waals surface area contributed by atoms with Gasteiger partial charge in [0.05, 0.1) is 22.4 Å². The predicted octanol–water partition coefficient (Wildman–Crippen LogP) is 8.68. The van der Waals surface area contributed by atoms with Gasteiger partial charge in [-0.3, -0.25) is 9.59 Å². The highest BCUT2D eigenvalue weighted by Gasteiger charge is 2.29. The molecule has 10 nitrogen and oxygen atoms in total. The van der Waals surface area contributed by atoms with Gasteiger partial charge in [0.15, 0.2) is 5.70 Å². The van der Waals surface area contributed by atoms with E-state index in [2.05, 4.69) is 48.6 Å². The summed E-state index contributed by atoms with van der Waals surface area (Å²) in [5, 5.41) is 23.6. The molecule has 0 aliphatic heterocycles. The van der Waals surface area contributed by atoms with Crippen molar-refractivity contribution in [2.75, 3.05) is 25.5 Å². The number of carbonyl (C=O) groups excluding carboxylic acids is 2. The normalized spacial score (nSPS) is 14.1. The lowest BCUT2D eigenvalue weighted by Gasteiger charge is -2.30. The lowest BCUT2D eigenvalue weighted by molar-refractivity contribution is -0.117. The number of anilines is 1. The van der Waals surface area contributed by atoms with Gasteiger partial charge in [-0.1, -0.05) is 91.3 Å². The van der Waals surface area contributed by atoms with Crippen molar-refractivity contribution >= 4 is 33.2 Å². The highest BCUT2D eigenvalue weighted by molar-refractivity contribution is 7.89. The first-order valence-corrected chi connectivity index (χ1v) is 18.7. The third-order valence-electron chi connectivity index (χ3n) is 8.56. The Labute approximate surface area is 287 Å². The highest BCUT2D eigenvalue weighted by Crippen LogP contribution is 2.28. The number of unbranched alkanes of at least 4 members (excludes halogenated alkanes) is 2. The summed E-state index contributed by atoms with van der Waals surface area (Å²) in [6.07, 6.45) is 8.94. The number of azo groups is 1. The van der Waals surface area contributed by atoms with E-state index in [1.165, 1.54) is 19.2 Å². The van der Waals surface area contributed by atoms with E-state index in [-0.39, 0.29) is 40.0 Å². The van der Waals surface area contributed by atoms with Crippen LogP contribution in [0.5, 0.6) is 0 Å².